The van der Waals surface area contributed by atoms with Gasteiger partial charge in [-0.05, 0) is 136 Å². The van der Waals surface area contributed by atoms with Gasteiger partial charge in [0.1, 0.15) is 6.04 Å². The number of benzene rings is 1. The molecule has 0 bridgehead atoms. The maximum atomic E-state index is 12.4. The van der Waals surface area contributed by atoms with E-state index in [1.54, 1.807) is 36.8 Å². The fraction of sp³-hybridized carbons (Fsp3) is 0.750. The van der Waals surface area contributed by atoms with Crippen molar-refractivity contribution in [1.82, 2.24) is 16.0 Å². The lowest BCUT2D eigenvalue weighted by Crippen LogP contribution is -2.51. The Bertz CT molecular complexity index is 1550. The van der Waals surface area contributed by atoms with Crippen molar-refractivity contribution in [2.75, 3.05) is 31.6 Å². The molecule has 9 atom stereocenters. The van der Waals surface area contributed by atoms with Crippen LogP contribution in [0.1, 0.15) is 144 Å². The Hall–Kier alpha value is -3.28. The predicted molar refractivity (Wildman–Crippen MR) is 234 cm³/mol. The Labute approximate surface area is 355 Å². The Morgan fingerprint density at radius 2 is 1.56 bits per heavy atom. The lowest BCUT2D eigenvalue weighted by atomic mass is 9.47. The van der Waals surface area contributed by atoms with Crippen LogP contribution in [0.4, 0.5) is 5.69 Å². The van der Waals surface area contributed by atoms with E-state index in [1.807, 2.05) is 0 Å². The van der Waals surface area contributed by atoms with E-state index in [9.17, 15) is 19.2 Å². The molecular weight excluding hydrogens is 745 g/mol. The number of hydrogen-bond acceptors (Lipinski definition) is 7. The largest absolute Gasteiger partial charge is 0.397 e. The maximum Gasteiger partial charge on any atom is 0.243 e. The van der Waals surface area contributed by atoms with Crippen molar-refractivity contribution >= 4 is 29.3 Å². The highest BCUT2D eigenvalue weighted by Crippen LogP contribution is 2.67. The lowest BCUT2D eigenvalue weighted by Gasteiger charge is -2.58. The first kappa shape index (κ1) is 48.4. The summed E-state index contributed by atoms with van der Waals surface area (Å²) in [4.78, 5) is 49.4. The summed E-state index contributed by atoms with van der Waals surface area (Å²) in [5, 5.41) is 27.3. The minimum absolute atomic E-state index is 0.0218. The third-order valence-electron chi connectivity index (χ3n) is 14.5. The third kappa shape index (κ3) is 13.4. The highest BCUT2D eigenvalue weighted by atomic mass is 16.5. The monoisotopic (exact) mass is 823 g/mol. The Balaban J connectivity index is 0.00000248. The van der Waals surface area contributed by atoms with Crippen molar-refractivity contribution in [2.45, 2.75) is 157 Å². The van der Waals surface area contributed by atoms with E-state index >= 15 is 0 Å². The zero-order valence-corrected chi connectivity index (χ0v) is 37.4. The van der Waals surface area contributed by atoms with Crippen molar-refractivity contribution in [3.05, 3.63) is 41.5 Å². The maximum absolute atomic E-state index is 12.4. The van der Waals surface area contributed by atoms with Gasteiger partial charge in [0.25, 0.3) is 0 Å². The number of anilines is 1. The van der Waals surface area contributed by atoms with Gasteiger partial charge in [0, 0.05) is 38.3 Å². The molecule has 3 fully saturated rings. The second-order valence-corrected chi connectivity index (χ2v) is 19.0. The summed E-state index contributed by atoms with van der Waals surface area (Å²) in [6.45, 7) is 16.7. The average Bonchev–Trinajstić information content (AvgIpc) is 3.56. The molecule has 4 amide bonds. The molecule has 0 aromatic heterocycles. The number of rotatable bonds is 19. The number of allylic oxidation sites excluding steroid dienone is 1. The number of carbonyl (C=O) groups excluding carboxylic acids is 4. The van der Waals surface area contributed by atoms with Crippen molar-refractivity contribution < 1.29 is 34.1 Å². The molecule has 332 valence electrons. The lowest BCUT2D eigenvalue weighted by molar-refractivity contribution is -0.130. The first-order valence-corrected chi connectivity index (χ1v) is 22.9. The topological polar surface area (TPSA) is 166 Å². The van der Waals surface area contributed by atoms with Gasteiger partial charge >= 0.3 is 0 Å². The number of nitrogens with one attached hydrogen (secondary N) is 4. The normalized spacial score (nSPS) is 28.0. The second-order valence-electron chi connectivity index (χ2n) is 19.0. The number of aliphatic hydroxyl groups excluding tert-OH is 2. The van der Waals surface area contributed by atoms with Crippen LogP contribution in [0.5, 0.6) is 0 Å². The molecule has 0 saturated heterocycles. The molecule has 1 aromatic carbocycles. The van der Waals surface area contributed by atoms with Crippen LogP contribution in [0.2, 0.25) is 0 Å². The molecule has 11 heteroatoms. The number of aliphatic hydroxyl groups is 2. The minimum Gasteiger partial charge on any atom is -0.397 e. The molecule has 11 nitrogen and oxygen atoms in total. The van der Waals surface area contributed by atoms with Crippen molar-refractivity contribution in [3.63, 3.8) is 0 Å². The van der Waals surface area contributed by atoms with Gasteiger partial charge in [0.15, 0.2) is 0 Å². The zero-order chi connectivity index (χ0) is 43.2. The molecule has 3 saturated carbocycles. The second kappa shape index (κ2) is 23.1. The first-order valence-electron chi connectivity index (χ1n) is 22.9. The standard InChI is InChI=1S/C46H72N4O6.C2H6O/c1-30(2)9-7-10-31(3)38-17-18-39-37-16-13-34-27-36(21-23-45(34,5)40(37)22-24-46(38,39)6)56-26-8-25-47-41(52)19-20-42(53)49-32(4)44(55)48-28-43(54)50-35-14-11-33(29-51)12-15-35;1-2-3/h11-15,30-32,36-40,51H,7-10,16-29H2,1-6H3,(H,47,52)(H,48,55)(H,49,53)(H,50,54);3H,2H2,1H3/t31-,32+,36+,37+,38-,39+,40+,45+,46-;/m1./s1. The number of hydrogen-bond donors (Lipinski definition) is 6. The van der Waals surface area contributed by atoms with Crippen molar-refractivity contribution in [2.24, 2.45) is 46.3 Å². The van der Waals surface area contributed by atoms with Gasteiger partial charge in [-0.2, -0.15) is 0 Å². The van der Waals surface area contributed by atoms with Crippen LogP contribution in [-0.2, 0) is 30.5 Å². The number of ether oxygens (including phenoxy) is 1. The van der Waals surface area contributed by atoms with E-state index in [1.165, 1.54) is 64.7 Å². The summed E-state index contributed by atoms with van der Waals surface area (Å²) in [5.41, 5.74) is 3.72. The molecule has 0 unspecified atom stereocenters. The minimum atomic E-state index is -0.862. The molecule has 4 aliphatic rings. The highest BCUT2D eigenvalue weighted by molar-refractivity contribution is 5.96. The van der Waals surface area contributed by atoms with E-state index in [2.05, 4.69) is 62.0 Å². The summed E-state index contributed by atoms with van der Waals surface area (Å²) in [5.74, 6) is 3.50. The predicted octanol–water partition coefficient (Wildman–Crippen LogP) is 7.45. The van der Waals surface area contributed by atoms with Crippen molar-refractivity contribution in [3.8, 4) is 0 Å². The zero-order valence-electron chi connectivity index (χ0n) is 37.4. The van der Waals surface area contributed by atoms with Gasteiger partial charge in [-0.25, -0.2) is 0 Å². The number of amides is 4. The van der Waals surface area contributed by atoms with Crippen LogP contribution in [0.25, 0.3) is 0 Å². The summed E-state index contributed by atoms with van der Waals surface area (Å²) in [7, 11) is 0. The first-order chi connectivity index (χ1) is 28.1. The molecule has 0 heterocycles. The number of carbonyl (C=O) groups is 4. The van der Waals surface area contributed by atoms with Gasteiger partial charge in [-0.15, -0.1) is 0 Å². The molecule has 0 aliphatic heterocycles. The molecule has 1 aromatic rings. The van der Waals surface area contributed by atoms with Gasteiger partial charge in [0.2, 0.25) is 23.6 Å². The molecule has 59 heavy (non-hydrogen) atoms. The molecule has 4 aliphatic carbocycles. The Kier molecular flexibility index (Phi) is 18.9. The molecule has 5 rings (SSSR count). The molecule has 6 N–H and O–H groups in total. The average molecular weight is 823 g/mol. The van der Waals surface area contributed by atoms with Crippen LogP contribution in [-0.4, -0.2) is 72.3 Å². The summed E-state index contributed by atoms with van der Waals surface area (Å²) in [6, 6.07) is 5.84. The summed E-state index contributed by atoms with van der Waals surface area (Å²) in [6.07, 6.45) is 17.9. The highest BCUT2D eigenvalue weighted by Gasteiger charge is 2.59. The van der Waals surface area contributed by atoms with E-state index in [0.29, 0.717) is 36.1 Å². The van der Waals surface area contributed by atoms with Crippen LogP contribution in [0, 0.1) is 46.3 Å². The van der Waals surface area contributed by atoms with Crippen LogP contribution in [0.15, 0.2) is 35.9 Å². The quantitative estimate of drug-likeness (QED) is 0.0623. The fourth-order valence-corrected chi connectivity index (χ4v) is 11.3. The fourth-order valence-electron chi connectivity index (χ4n) is 11.3. The van der Waals surface area contributed by atoms with Crippen molar-refractivity contribution in [1.29, 1.82) is 0 Å². The smallest absolute Gasteiger partial charge is 0.243 e. The number of fused-ring (bicyclic) bond motifs is 5. The van der Waals surface area contributed by atoms with Gasteiger partial charge in [-0.3, -0.25) is 19.2 Å². The molecule has 0 radical (unpaired) electrons. The van der Waals surface area contributed by atoms with E-state index in [-0.39, 0.29) is 44.6 Å². The van der Waals surface area contributed by atoms with E-state index in [4.69, 9.17) is 14.9 Å². The molecular formula is C48H78N4O7. The summed E-state index contributed by atoms with van der Waals surface area (Å²) < 4.78 is 6.38. The molecule has 0 spiro atoms. The van der Waals surface area contributed by atoms with Gasteiger partial charge in [0.05, 0.1) is 19.3 Å². The third-order valence-corrected chi connectivity index (χ3v) is 14.5. The van der Waals surface area contributed by atoms with Crippen LogP contribution in [0.3, 0.4) is 0 Å². The Morgan fingerprint density at radius 3 is 2.25 bits per heavy atom. The summed E-state index contributed by atoms with van der Waals surface area (Å²) >= 11 is 0. The van der Waals surface area contributed by atoms with Gasteiger partial charge < -0.3 is 36.2 Å². The Morgan fingerprint density at radius 1 is 0.847 bits per heavy atom. The van der Waals surface area contributed by atoms with E-state index < -0.39 is 23.8 Å². The van der Waals surface area contributed by atoms with E-state index in [0.717, 1.165) is 53.9 Å². The van der Waals surface area contributed by atoms with Crippen LogP contribution < -0.4 is 21.3 Å². The van der Waals surface area contributed by atoms with Crippen LogP contribution >= 0.6 is 0 Å². The SMILES string of the molecule is CC(C)CCC[C@@H](C)[C@H]1CC[C@H]2[C@@H]3CC=C4C[C@@H](OCCCNC(=O)CCC(=O)N[C@@H](C)C(=O)NCC(=O)Nc5ccc(CO)cc5)CC[C@]4(C)[C@H]3CC[C@]12C.CCO. The van der Waals surface area contributed by atoms with Gasteiger partial charge in [-0.1, -0.05) is 77.7 Å².